The van der Waals surface area contributed by atoms with Crippen LogP contribution in [0.15, 0.2) is 47.3 Å². The monoisotopic (exact) mass is 421 g/mol. The fraction of sp³-hybridized carbons (Fsp3) is 0.261. The Morgan fingerprint density at radius 2 is 1.90 bits per heavy atom. The van der Waals surface area contributed by atoms with Crippen LogP contribution in [0.5, 0.6) is 11.6 Å². The summed E-state index contributed by atoms with van der Waals surface area (Å²) in [5.41, 5.74) is 3.45. The summed E-state index contributed by atoms with van der Waals surface area (Å²) in [4.78, 5) is 30.0. The van der Waals surface area contributed by atoms with Crippen molar-refractivity contribution in [2.75, 3.05) is 11.9 Å². The fourth-order valence-corrected chi connectivity index (χ4v) is 3.69. The molecule has 0 atom stereocenters. The zero-order valence-corrected chi connectivity index (χ0v) is 16.9. The molecule has 0 fully saturated rings. The summed E-state index contributed by atoms with van der Waals surface area (Å²) < 4.78 is 5.56. The SMILES string of the molecule is O=C(O)c1ccc(OCCCc2c(O)nc(Nc3ccc4c(c3)CCC4)[nH]c2=O)cc1. The van der Waals surface area contributed by atoms with Gasteiger partial charge < -0.3 is 20.3 Å². The molecule has 0 aliphatic heterocycles. The number of aromatic amines is 1. The minimum atomic E-state index is -0.997. The summed E-state index contributed by atoms with van der Waals surface area (Å²) in [5, 5.41) is 22.2. The second-order valence-corrected chi connectivity index (χ2v) is 7.46. The van der Waals surface area contributed by atoms with Crippen molar-refractivity contribution in [1.82, 2.24) is 9.97 Å². The molecule has 2 aromatic carbocycles. The minimum absolute atomic E-state index is 0.184. The first kappa shape index (κ1) is 20.5. The van der Waals surface area contributed by atoms with E-state index in [1.807, 2.05) is 12.1 Å². The number of carboxylic acids is 1. The van der Waals surface area contributed by atoms with Gasteiger partial charge >= 0.3 is 5.97 Å². The minimum Gasteiger partial charge on any atom is -0.494 e. The van der Waals surface area contributed by atoms with E-state index in [4.69, 9.17) is 9.84 Å². The normalized spacial score (nSPS) is 12.4. The van der Waals surface area contributed by atoms with Gasteiger partial charge in [0.1, 0.15) is 5.75 Å². The zero-order chi connectivity index (χ0) is 21.8. The molecule has 1 aliphatic carbocycles. The highest BCUT2D eigenvalue weighted by Crippen LogP contribution is 2.26. The van der Waals surface area contributed by atoms with Crippen LogP contribution in [0.3, 0.4) is 0 Å². The summed E-state index contributed by atoms with van der Waals surface area (Å²) in [6, 6.07) is 12.1. The van der Waals surface area contributed by atoms with Crippen LogP contribution in [0.1, 0.15) is 39.9 Å². The van der Waals surface area contributed by atoms with Gasteiger partial charge in [-0.25, -0.2) is 4.79 Å². The second kappa shape index (κ2) is 8.91. The average Bonchev–Trinajstić information content (AvgIpc) is 3.21. The number of nitrogens with zero attached hydrogens (tertiary/aromatic N) is 1. The van der Waals surface area contributed by atoms with Crippen molar-refractivity contribution >= 4 is 17.6 Å². The van der Waals surface area contributed by atoms with Crippen molar-refractivity contribution in [1.29, 1.82) is 0 Å². The third-order valence-electron chi connectivity index (χ3n) is 5.30. The van der Waals surface area contributed by atoms with Crippen molar-refractivity contribution in [3.63, 3.8) is 0 Å². The quantitative estimate of drug-likeness (QED) is 0.411. The number of aryl methyl sites for hydroxylation is 2. The van der Waals surface area contributed by atoms with Gasteiger partial charge in [-0.2, -0.15) is 4.98 Å². The largest absolute Gasteiger partial charge is 0.494 e. The molecule has 31 heavy (non-hydrogen) atoms. The Kier molecular flexibility index (Phi) is 5.88. The second-order valence-electron chi connectivity index (χ2n) is 7.46. The van der Waals surface area contributed by atoms with Crippen LogP contribution < -0.4 is 15.6 Å². The van der Waals surface area contributed by atoms with Crippen molar-refractivity contribution in [2.24, 2.45) is 0 Å². The number of benzene rings is 2. The standard InChI is InChI=1S/C23H23N3O5/c27-20-19(5-2-12-31-18-10-7-15(8-11-18)22(29)30)21(28)26-23(25-20)24-17-9-6-14-3-1-4-16(14)13-17/h6-11,13H,1-5,12H2,(H,29,30)(H3,24,25,26,27,28). The van der Waals surface area contributed by atoms with Gasteiger partial charge in [-0.15, -0.1) is 0 Å². The maximum Gasteiger partial charge on any atom is 0.335 e. The molecule has 0 unspecified atom stereocenters. The van der Waals surface area contributed by atoms with E-state index in [9.17, 15) is 14.7 Å². The number of aromatic carboxylic acids is 1. The lowest BCUT2D eigenvalue weighted by Crippen LogP contribution is -2.17. The molecular formula is C23H23N3O5. The number of carboxylic acid groups (broad SMARTS) is 1. The molecule has 3 aromatic rings. The molecule has 8 nitrogen and oxygen atoms in total. The predicted molar refractivity (Wildman–Crippen MR) is 115 cm³/mol. The van der Waals surface area contributed by atoms with Crippen LogP contribution in [0.4, 0.5) is 11.6 Å². The number of carbonyl (C=O) groups is 1. The summed E-state index contributed by atoms with van der Waals surface area (Å²) in [6.45, 7) is 0.306. The van der Waals surface area contributed by atoms with Crippen molar-refractivity contribution in [2.45, 2.75) is 32.1 Å². The third kappa shape index (κ3) is 4.85. The maximum absolute atomic E-state index is 12.4. The molecule has 1 aliphatic rings. The molecule has 0 spiro atoms. The van der Waals surface area contributed by atoms with Crippen LogP contribution in [0.25, 0.3) is 0 Å². The van der Waals surface area contributed by atoms with Gasteiger partial charge in [-0.3, -0.25) is 9.78 Å². The third-order valence-corrected chi connectivity index (χ3v) is 5.30. The van der Waals surface area contributed by atoms with Crippen LogP contribution in [0, 0.1) is 0 Å². The number of fused-ring (bicyclic) bond motifs is 1. The van der Waals surface area contributed by atoms with Crippen molar-refractivity contribution in [3.8, 4) is 11.6 Å². The van der Waals surface area contributed by atoms with Gasteiger partial charge in [0.2, 0.25) is 11.8 Å². The van der Waals surface area contributed by atoms with Crippen molar-refractivity contribution in [3.05, 3.63) is 75.1 Å². The number of hydrogen-bond donors (Lipinski definition) is 4. The number of anilines is 2. The summed E-state index contributed by atoms with van der Waals surface area (Å²) in [7, 11) is 0. The number of rotatable bonds is 8. The van der Waals surface area contributed by atoms with E-state index in [2.05, 4.69) is 21.4 Å². The highest BCUT2D eigenvalue weighted by Gasteiger charge is 2.13. The van der Waals surface area contributed by atoms with E-state index in [-0.39, 0.29) is 23.0 Å². The lowest BCUT2D eigenvalue weighted by molar-refractivity contribution is 0.0697. The van der Waals surface area contributed by atoms with Gasteiger partial charge in [-0.05, 0) is 79.6 Å². The van der Waals surface area contributed by atoms with E-state index in [0.29, 0.717) is 25.2 Å². The number of aromatic hydroxyl groups is 1. The molecule has 0 bridgehead atoms. The smallest absolute Gasteiger partial charge is 0.335 e. The highest BCUT2D eigenvalue weighted by molar-refractivity contribution is 5.87. The van der Waals surface area contributed by atoms with E-state index >= 15 is 0 Å². The first-order chi connectivity index (χ1) is 15.0. The van der Waals surface area contributed by atoms with Crippen molar-refractivity contribution < 1.29 is 19.7 Å². The summed E-state index contributed by atoms with van der Waals surface area (Å²) in [5.74, 6) is -0.574. The summed E-state index contributed by atoms with van der Waals surface area (Å²) in [6.07, 6.45) is 4.07. The van der Waals surface area contributed by atoms with E-state index < -0.39 is 11.5 Å². The van der Waals surface area contributed by atoms with E-state index in [1.165, 1.54) is 23.3 Å². The Morgan fingerprint density at radius 3 is 2.65 bits per heavy atom. The Bertz CT molecular complexity index is 1150. The van der Waals surface area contributed by atoms with Gasteiger partial charge in [-0.1, -0.05) is 6.07 Å². The topological polar surface area (TPSA) is 125 Å². The molecule has 8 heteroatoms. The van der Waals surface area contributed by atoms with Crippen LogP contribution in [-0.2, 0) is 19.3 Å². The van der Waals surface area contributed by atoms with Gasteiger partial charge in [0.05, 0.1) is 17.7 Å². The molecule has 0 saturated carbocycles. The van der Waals surface area contributed by atoms with Crippen LogP contribution in [-0.4, -0.2) is 32.8 Å². The predicted octanol–water partition coefficient (Wildman–Crippen LogP) is 3.42. The van der Waals surface area contributed by atoms with E-state index in [1.54, 1.807) is 12.1 Å². The molecule has 0 saturated heterocycles. The molecule has 1 heterocycles. The Balaban J connectivity index is 1.34. The Hall–Kier alpha value is -3.81. The fourth-order valence-electron chi connectivity index (χ4n) is 3.69. The van der Waals surface area contributed by atoms with Gasteiger partial charge in [0.15, 0.2) is 0 Å². The van der Waals surface area contributed by atoms with Crippen LogP contribution in [0.2, 0.25) is 0 Å². The molecule has 1 aromatic heterocycles. The number of H-pyrrole nitrogens is 1. The lowest BCUT2D eigenvalue weighted by atomic mass is 10.1. The first-order valence-corrected chi connectivity index (χ1v) is 10.2. The summed E-state index contributed by atoms with van der Waals surface area (Å²) >= 11 is 0. The number of nitrogens with one attached hydrogen (secondary N) is 2. The molecule has 0 amide bonds. The Morgan fingerprint density at radius 1 is 1.13 bits per heavy atom. The van der Waals surface area contributed by atoms with Gasteiger partial charge in [0, 0.05) is 5.69 Å². The zero-order valence-electron chi connectivity index (χ0n) is 16.9. The molecule has 4 rings (SSSR count). The maximum atomic E-state index is 12.4. The Labute approximate surface area is 178 Å². The first-order valence-electron chi connectivity index (χ1n) is 10.2. The average molecular weight is 421 g/mol. The molecule has 0 radical (unpaired) electrons. The lowest BCUT2D eigenvalue weighted by Gasteiger charge is -2.10. The van der Waals surface area contributed by atoms with E-state index in [0.717, 1.165) is 24.9 Å². The molecular weight excluding hydrogens is 398 g/mol. The number of aromatic nitrogens is 2. The molecule has 160 valence electrons. The van der Waals surface area contributed by atoms with Gasteiger partial charge in [0.25, 0.3) is 5.56 Å². The number of hydrogen-bond acceptors (Lipinski definition) is 6. The highest BCUT2D eigenvalue weighted by atomic mass is 16.5. The number of ether oxygens (including phenoxy) is 1. The van der Waals surface area contributed by atoms with Crippen LogP contribution >= 0.6 is 0 Å². The molecule has 4 N–H and O–H groups in total.